The molecule has 0 unspecified atom stereocenters. The van der Waals surface area contributed by atoms with Crippen LogP contribution < -0.4 is 4.74 Å². The van der Waals surface area contributed by atoms with E-state index in [4.69, 9.17) is 20.8 Å². The van der Waals surface area contributed by atoms with E-state index in [9.17, 15) is 0 Å². The number of hydrogen-bond donors (Lipinski definition) is 0. The Morgan fingerprint density at radius 2 is 2.28 bits per heavy atom. The highest BCUT2D eigenvalue weighted by Crippen LogP contribution is 2.25. The fourth-order valence-corrected chi connectivity index (χ4v) is 1.67. The second-order valence-electron chi connectivity index (χ2n) is 4.12. The summed E-state index contributed by atoms with van der Waals surface area (Å²) in [6, 6.07) is 7.79. The molecule has 1 aromatic heterocycles. The lowest BCUT2D eigenvalue weighted by atomic mass is 10.2. The van der Waals surface area contributed by atoms with Crippen LogP contribution in [0.3, 0.4) is 0 Å². The van der Waals surface area contributed by atoms with E-state index in [-0.39, 0.29) is 12.0 Å². The van der Waals surface area contributed by atoms with E-state index in [1.165, 1.54) is 0 Å². The number of hydrogen-bond acceptors (Lipinski definition) is 3. The largest absolute Gasteiger partial charge is 0.491 e. The van der Waals surface area contributed by atoms with E-state index in [2.05, 4.69) is 11.9 Å². The van der Waals surface area contributed by atoms with Gasteiger partial charge in [-0.3, -0.25) is 0 Å². The molecule has 0 saturated carbocycles. The van der Waals surface area contributed by atoms with Gasteiger partial charge < -0.3 is 9.15 Å². The number of halogens is 1. The maximum Gasteiger partial charge on any atom is 0.209 e. The van der Waals surface area contributed by atoms with E-state index >= 15 is 0 Å². The zero-order valence-electron chi connectivity index (χ0n) is 10.5. The Bertz CT molecular complexity index is 510. The van der Waals surface area contributed by atoms with Crippen LogP contribution in [0, 0.1) is 0 Å². The second kappa shape index (κ2) is 5.91. The second-order valence-corrected chi connectivity index (χ2v) is 4.38. The molecule has 0 aliphatic rings. The Balaban J connectivity index is 2.21. The Labute approximate surface area is 112 Å². The summed E-state index contributed by atoms with van der Waals surface area (Å²) in [5.74, 6) is 2.36. The van der Waals surface area contributed by atoms with Gasteiger partial charge in [0, 0.05) is 5.56 Å². The van der Waals surface area contributed by atoms with Crippen LogP contribution >= 0.6 is 11.6 Å². The maximum absolute atomic E-state index is 5.77. The summed E-state index contributed by atoms with van der Waals surface area (Å²) in [4.78, 5) is 4.08. The van der Waals surface area contributed by atoms with Gasteiger partial charge in [0.25, 0.3) is 0 Å². The minimum atomic E-state index is 0.202. The van der Waals surface area contributed by atoms with Crippen LogP contribution in [-0.4, -0.2) is 11.1 Å². The SMILES string of the molecule is CC[C@H](C)Oc1cccc(-c2cnc(CCl)o2)c1. The summed E-state index contributed by atoms with van der Waals surface area (Å²) in [6.45, 7) is 4.14. The first kappa shape index (κ1) is 13.0. The number of benzene rings is 1. The molecule has 1 aromatic carbocycles. The lowest BCUT2D eigenvalue weighted by Gasteiger charge is -2.12. The maximum atomic E-state index is 5.77. The zero-order chi connectivity index (χ0) is 13.0. The number of oxazole rings is 1. The fourth-order valence-electron chi connectivity index (χ4n) is 1.54. The molecule has 1 heterocycles. The Morgan fingerprint density at radius 1 is 1.44 bits per heavy atom. The Morgan fingerprint density at radius 3 is 2.94 bits per heavy atom. The topological polar surface area (TPSA) is 35.3 Å². The molecular weight excluding hydrogens is 250 g/mol. The Kier molecular flexibility index (Phi) is 4.26. The molecule has 18 heavy (non-hydrogen) atoms. The molecule has 0 amide bonds. The molecule has 0 aliphatic heterocycles. The molecule has 0 saturated heterocycles. The summed E-state index contributed by atoms with van der Waals surface area (Å²) >= 11 is 5.67. The zero-order valence-corrected chi connectivity index (χ0v) is 11.3. The molecule has 0 N–H and O–H groups in total. The van der Waals surface area contributed by atoms with Gasteiger partial charge >= 0.3 is 0 Å². The van der Waals surface area contributed by atoms with Crippen LogP contribution in [0.4, 0.5) is 0 Å². The number of alkyl halides is 1. The fraction of sp³-hybridized carbons (Fsp3) is 0.357. The van der Waals surface area contributed by atoms with Gasteiger partial charge in [0.05, 0.1) is 18.2 Å². The highest BCUT2D eigenvalue weighted by molar-refractivity contribution is 6.16. The summed E-state index contributed by atoms with van der Waals surface area (Å²) in [5.41, 5.74) is 0.944. The predicted octanol–water partition coefficient (Wildman–Crippen LogP) is 4.26. The molecular formula is C14H16ClNO2. The Hall–Kier alpha value is -1.48. The van der Waals surface area contributed by atoms with Gasteiger partial charge in [-0.15, -0.1) is 11.6 Å². The van der Waals surface area contributed by atoms with E-state index in [0.29, 0.717) is 11.7 Å². The molecule has 0 spiro atoms. The average molecular weight is 266 g/mol. The molecule has 2 rings (SSSR count). The standard InChI is InChI=1S/C14H16ClNO2/c1-3-10(2)17-12-6-4-5-11(7-12)13-9-16-14(8-15)18-13/h4-7,9-10H,3,8H2,1-2H3/t10-/m0/s1. The van der Waals surface area contributed by atoms with Crippen molar-refractivity contribution in [2.75, 3.05) is 0 Å². The van der Waals surface area contributed by atoms with Gasteiger partial charge in [-0.25, -0.2) is 4.98 Å². The van der Waals surface area contributed by atoms with Gasteiger partial charge in [-0.2, -0.15) is 0 Å². The van der Waals surface area contributed by atoms with Crippen LogP contribution in [0.5, 0.6) is 5.75 Å². The average Bonchev–Trinajstić information content (AvgIpc) is 2.87. The van der Waals surface area contributed by atoms with Gasteiger partial charge in [0.2, 0.25) is 5.89 Å². The van der Waals surface area contributed by atoms with Gasteiger partial charge in [0.1, 0.15) is 5.75 Å². The van der Waals surface area contributed by atoms with Crippen LogP contribution in [0.15, 0.2) is 34.9 Å². The van der Waals surface area contributed by atoms with Crippen LogP contribution in [0.2, 0.25) is 0 Å². The van der Waals surface area contributed by atoms with E-state index in [0.717, 1.165) is 17.7 Å². The highest BCUT2D eigenvalue weighted by atomic mass is 35.5. The minimum absolute atomic E-state index is 0.202. The van der Waals surface area contributed by atoms with Crippen molar-refractivity contribution in [3.63, 3.8) is 0 Å². The van der Waals surface area contributed by atoms with Crippen molar-refractivity contribution in [2.45, 2.75) is 32.3 Å². The van der Waals surface area contributed by atoms with Crippen molar-refractivity contribution in [3.05, 3.63) is 36.4 Å². The molecule has 0 bridgehead atoms. The van der Waals surface area contributed by atoms with Crippen molar-refractivity contribution in [2.24, 2.45) is 0 Å². The van der Waals surface area contributed by atoms with Crippen LogP contribution in [0.25, 0.3) is 11.3 Å². The highest BCUT2D eigenvalue weighted by Gasteiger charge is 2.07. The molecule has 2 aromatic rings. The first-order chi connectivity index (χ1) is 8.72. The van der Waals surface area contributed by atoms with E-state index in [1.807, 2.05) is 31.2 Å². The molecule has 0 aliphatic carbocycles. The molecule has 0 radical (unpaired) electrons. The van der Waals surface area contributed by atoms with Gasteiger partial charge in [0.15, 0.2) is 5.76 Å². The molecule has 3 nitrogen and oxygen atoms in total. The van der Waals surface area contributed by atoms with Crippen molar-refractivity contribution in [1.82, 2.24) is 4.98 Å². The van der Waals surface area contributed by atoms with Gasteiger partial charge in [-0.1, -0.05) is 19.1 Å². The third-order valence-corrected chi connectivity index (χ3v) is 2.93. The molecule has 96 valence electrons. The first-order valence-corrected chi connectivity index (χ1v) is 6.54. The smallest absolute Gasteiger partial charge is 0.209 e. The number of ether oxygens (including phenoxy) is 1. The monoisotopic (exact) mass is 265 g/mol. The summed E-state index contributed by atoms with van der Waals surface area (Å²) in [7, 11) is 0. The van der Waals surface area contributed by atoms with Crippen molar-refractivity contribution >= 4 is 11.6 Å². The van der Waals surface area contributed by atoms with Crippen LogP contribution in [0.1, 0.15) is 26.2 Å². The quantitative estimate of drug-likeness (QED) is 0.758. The lowest BCUT2D eigenvalue weighted by Crippen LogP contribution is -2.09. The number of rotatable bonds is 5. The number of nitrogens with zero attached hydrogens (tertiary/aromatic N) is 1. The molecule has 4 heteroatoms. The number of aromatic nitrogens is 1. The molecule has 1 atom stereocenters. The van der Waals surface area contributed by atoms with E-state index < -0.39 is 0 Å². The van der Waals surface area contributed by atoms with Gasteiger partial charge in [-0.05, 0) is 25.5 Å². The molecule has 0 fully saturated rings. The third-order valence-electron chi connectivity index (χ3n) is 2.70. The van der Waals surface area contributed by atoms with Crippen molar-refractivity contribution < 1.29 is 9.15 Å². The minimum Gasteiger partial charge on any atom is -0.491 e. The van der Waals surface area contributed by atoms with E-state index in [1.54, 1.807) is 6.20 Å². The first-order valence-electron chi connectivity index (χ1n) is 6.00. The van der Waals surface area contributed by atoms with Crippen molar-refractivity contribution in [3.8, 4) is 17.1 Å². The summed E-state index contributed by atoms with van der Waals surface area (Å²) in [5, 5.41) is 0. The third kappa shape index (κ3) is 3.05. The van der Waals surface area contributed by atoms with Crippen molar-refractivity contribution in [1.29, 1.82) is 0 Å². The van der Waals surface area contributed by atoms with Crippen LogP contribution in [-0.2, 0) is 5.88 Å². The normalized spacial score (nSPS) is 12.4. The summed E-state index contributed by atoms with van der Waals surface area (Å²) < 4.78 is 11.3. The summed E-state index contributed by atoms with van der Waals surface area (Å²) in [6.07, 6.45) is 2.86. The lowest BCUT2D eigenvalue weighted by molar-refractivity contribution is 0.217. The predicted molar refractivity (Wildman–Crippen MR) is 71.9 cm³/mol.